The Morgan fingerprint density at radius 2 is 1.93 bits per heavy atom. The third kappa shape index (κ3) is 1.48. The zero-order chi connectivity index (χ0) is 10.1. The molecule has 0 aromatic heterocycles. The van der Waals surface area contributed by atoms with Crippen molar-refractivity contribution in [1.29, 1.82) is 0 Å². The van der Waals surface area contributed by atoms with Crippen LogP contribution in [0.15, 0.2) is 30.3 Å². The van der Waals surface area contributed by atoms with E-state index in [1.165, 1.54) is 16.7 Å². The topological polar surface area (TPSA) is 26.0 Å². The second-order valence-electron chi connectivity index (χ2n) is 4.17. The van der Waals surface area contributed by atoms with E-state index in [9.17, 15) is 0 Å². The Morgan fingerprint density at radius 3 is 2.64 bits per heavy atom. The minimum Gasteiger partial charge on any atom is -0.327 e. The van der Waals surface area contributed by atoms with Gasteiger partial charge in [-0.25, -0.2) is 0 Å². The molecule has 0 radical (unpaired) electrons. The van der Waals surface area contributed by atoms with Crippen molar-refractivity contribution in [3.63, 3.8) is 0 Å². The summed E-state index contributed by atoms with van der Waals surface area (Å²) in [5, 5.41) is 0. The van der Waals surface area contributed by atoms with Crippen LogP contribution in [-0.2, 0) is 6.42 Å². The van der Waals surface area contributed by atoms with Gasteiger partial charge in [0.2, 0.25) is 0 Å². The molecule has 0 saturated heterocycles. The van der Waals surface area contributed by atoms with Crippen LogP contribution < -0.4 is 5.73 Å². The molecule has 2 atom stereocenters. The van der Waals surface area contributed by atoms with E-state index >= 15 is 0 Å². The largest absolute Gasteiger partial charge is 0.327 e. The molecule has 14 heavy (non-hydrogen) atoms. The maximum Gasteiger partial charge on any atom is 0.00767 e. The number of rotatable bonds is 2. The summed E-state index contributed by atoms with van der Waals surface area (Å²) in [5.74, 6) is 0.457. The summed E-state index contributed by atoms with van der Waals surface area (Å²) in [6.45, 7) is 4.28. The van der Waals surface area contributed by atoms with Gasteiger partial charge in [-0.05, 0) is 36.0 Å². The first-order valence-corrected chi connectivity index (χ1v) is 5.24. The Hall–Kier alpha value is -1.08. The lowest BCUT2D eigenvalue weighted by molar-refractivity contribution is 0.597. The molecule has 2 N–H and O–H groups in total. The Bertz CT molecular complexity index is 363. The number of nitrogens with two attached hydrogens (primary N) is 1. The summed E-state index contributed by atoms with van der Waals surface area (Å²) in [5.41, 5.74) is 10.2. The quantitative estimate of drug-likeness (QED) is 0.756. The minimum atomic E-state index is 0.229. The van der Waals surface area contributed by atoms with E-state index in [2.05, 4.69) is 44.2 Å². The Kier molecular flexibility index (Phi) is 2.42. The van der Waals surface area contributed by atoms with Gasteiger partial charge in [-0.15, -0.1) is 0 Å². The highest BCUT2D eigenvalue weighted by Gasteiger charge is 2.20. The average Bonchev–Trinajstić information content (AvgIpc) is 2.60. The van der Waals surface area contributed by atoms with Crippen LogP contribution in [0.5, 0.6) is 0 Å². The van der Waals surface area contributed by atoms with Gasteiger partial charge < -0.3 is 5.73 Å². The molecule has 0 amide bonds. The van der Waals surface area contributed by atoms with Crippen LogP contribution in [0.2, 0.25) is 0 Å². The zero-order valence-corrected chi connectivity index (χ0v) is 8.83. The van der Waals surface area contributed by atoms with Crippen molar-refractivity contribution >= 4 is 5.57 Å². The number of benzene rings is 1. The summed E-state index contributed by atoms with van der Waals surface area (Å²) >= 11 is 0. The molecule has 0 saturated carbocycles. The fourth-order valence-electron chi connectivity index (χ4n) is 2.02. The highest BCUT2D eigenvalue weighted by molar-refractivity contribution is 5.74. The molecule has 2 rings (SSSR count). The first kappa shape index (κ1) is 9.47. The van der Waals surface area contributed by atoms with E-state index in [-0.39, 0.29) is 6.04 Å². The predicted octanol–water partition coefficient (Wildman–Crippen LogP) is 2.61. The van der Waals surface area contributed by atoms with Crippen molar-refractivity contribution in [3.8, 4) is 0 Å². The Morgan fingerprint density at radius 1 is 1.21 bits per heavy atom. The summed E-state index contributed by atoms with van der Waals surface area (Å²) in [7, 11) is 0. The molecule has 2 unspecified atom stereocenters. The van der Waals surface area contributed by atoms with Crippen molar-refractivity contribution in [2.75, 3.05) is 0 Å². The van der Waals surface area contributed by atoms with Crippen LogP contribution in [0, 0.1) is 5.92 Å². The third-order valence-electron chi connectivity index (χ3n) is 3.15. The lowest BCUT2D eigenvalue weighted by Gasteiger charge is -2.18. The standard InChI is InChI=1S/C13H17N/c1-9(10(2)14)12-8-7-11-5-3-4-6-13(11)12/h3-6,8-10H,7,14H2,1-2H3. The molecule has 1 nitrogen and oxygen atoms in total. The third-order valence-corrected chi connectivity index (χ3v) is 3.15. The molecule has 0 aliphatic heterocycles. The van der Waals surface area contributed by atoms with E-state index in [0.717, 1.165) is 6.42 Å². The van der Waals surface area contributed by atoms with E-state index in [1.807, 2.05) is 0 Å². The summed E-state index contributed by atoms with van der Waals surface area (Å²) < 4.78 is 0. The van der Waals surface area contributed by atoms with Crippen LogP contribution in [-0.4, -0.2) is 6.04 Å². The molecule has 0 heterocycles. The number of fused-ring (bicyclic) bond motifs is 1. The fourth-order valence-corrected chi connectivity index (χ4v) is 2.02. The van der Waals surface area contributed by atoms with Gasteiger partial charge in [-0.3, -0.25) is 0 Å². The molecule has 74 valence electrons. The lowest BCUT2D eigenvalue weighted by atomic mass is 9.91. The highest BCUT2D eigenvalue weighted by Crippen LogP contribution is 2.33. The van der Waals surface area contributed by atoms with Gasteiger partial charge >= 0.3 is 0 Å². The van der Waals surface area contributed by atoms with Gasteiger partial charge in [-0.1, -0.05) is 37.3 Å². The van der Waals surface area contributed by atoms with Gasteiger partial charge in [0.25, 0.3) is 0 Å². The van der Waals surface area contributed by atoms with Crippen LogP contribution in [0.4, 0.5) is 0 Å². The van der Waals surface area contributed by atoms with E-state index in [1.54, 1.807) is 0 Å². The molecule has 1 aromatic rings. The molecule has 1 aromatic carbocycles. The summed E-state index contributed by atoms with van der Waals surface area (Å²) in [6.07, 6.45) is 3.39. The fraction of sp³-hybridized carbons (Fsp3) is 0.385. The highest BCUT2D eigenvalue weighted by atomic mass is 14.6. The van der Waals surface area contributed by atoms with Gasteiger partial charge in [0.15, 0.2) is 0 Å². The zero-order valence-electron chi connectivity index (χ0n) is 8.83. The number of hydrogen-bond donors (Lipinski definition) is 1. The van der Waals surface area contributed by atoms with Crippen LogP contribution in [0.1, 0.15) is 25.0 Å². The van der Waals surface area contributed by atoms with Crippen molar-refractivity contribution in [1.82, 2.24) is 0 Å². The average molecular weight is 187 g/mol. The van der Waals surface area contributed by atoms with Gasteiger partial charge in [0, 0.05) is 6.04 Å². The summed E-state index contributed by atoms with van der Waals surface area (Å²) in [6, 6.07) is 8.84. The predicted molar refractivity (Wildman–Crippen MR) is 60.9 cm³/mol. The van der Waals surface area contributed by atoms with Crippen LogP contribution >= 0.6 is 0 Å². The monoisotopic (exact) mass is 187 g/mol. The van der Waals surface area contributed by atoms with E-state index in [4.69, 9.17) is 5.73 Å². The molecule has 1 aliphatic rings. The normalized spacial score (nSPS) is 18.6. The van der Waals surface area contributed by atoms with Crippen LogP contribution in [0.25, 0.3) is 5.57 Å². The smallest absolute Gasteiger partial charge is 0.00767 e. The SMILES string of the molecule is CC(N)C(C)C1=CCc2ccccc21. The molecule has 0 spiro atoms. The van der Waals surface area contributed by atoms with Crippen molar-refractivity contribution < 1.29 is 0 Å². The maximum atomic E-state index is 5.93. The van der Waals surface area contributed by atoms with Crippen molar-refractivity contribution in [3.05, 3.63) is 41.5 Å². The Labute approximate surface area is 85.6 Å². The second kappa shape index (κ2) is 3.58. The molecular weight excluding hydrogens is 170 g/mol. The number of hydrogen-bond acceptors (Lipinski definition) is 1. The Balaban J connectivity index is 2.33. The molecule has 1 aliphatic carbocycles. The van der Waals surface area contributed by atoms with Gasteiger partial charge in [0.05, 0.1) is 0 Å². The lowest BCUT2D eigenvalue weighted by Crippen LogP contribution is -2.24. The van der Waals surface area contributed by atoms with Gasteiger partial charge in [-0.2, -0.15) is 0 Å². The minimum absolute atomic E-state index is 0.229. The van der Waals surface area contributed by atoms with Crippen LogP contribution in [0.3, 0.4) is 0 Å². The second-order valence-corrected chi connectivity index (χ2v) is 4.17. The van der Waals surface area contributed by atoms with Crippen molar-refractivity contribution in [2.24, 2.45) is 11.7 Å². The van der Waals surface area contributed by atoms with E-state index < -0.39 is 0 Å². The molecular formula is C13H17N. The molecule has 0 fully saturated rings. The maximum absolute atomic E-state index is 5.93. The van der Waals surface area contributed by atoms with Crippen molar-refractivity contribution in [2.45, 2.75) is 26.3 Å². The molecule has 0 bridgehead atoms. The van der Waals surface area contributed by atoms with Gasteiger partial charge in [0.1, 0.15) is 0 Å². The first-order chi connectivity index (χ1) is 6.70. The number of allylic oxidation sites excluding steroid dienone is 1. The molecule has 1 heteroatoms. The first-order valence-electron chi connectivity index (χ1n) is 5.24. The summed E-state index contributed by atoms with van der Waals surface area (Å²) in [4.78, 5) is 0. The van der Waals surface area contributed by atoms with E-state index in [0.29, 0.717) is 5.92 Å².